The first kappa shape index (κ1) is 19.2. The van der Waals surface area contributed by atoms with Crippen LogP contribution in [-0.2, 0) is 13.0 Å². The van der Waals surface area contributed by atoms with Crippen LogP contribution in [0.1, 0.15) is 30.9 Å². The van der Waals surface area contributed by atoms with Crippen molar-refractivity contribution in [3.8, 4) is 0 Å². The van der Waals surface area contributed by atoms with E-state index in [4.69, 9.17) is 0 Å². The fraction of sp³-hybridized carbons (Fsp3) is 0.333. The lowest BCUT2D eigenvalue weighted by molar-refractivity contribution is 0.203. The Labute approximate surface area is 172 Å². The van der Waals surface area contributed by atoms with Gasteiger partial charge in [0.2, 0.25) is 0 Å². The van der Waals surface area contributed by atoms with E-state index in [0.717, 1.165) is 38.0 Å². The van der Waals surface area contributed by atoms with Gasteiger partial charge in [0, 0.05) is 49.5 Å². The summed E-state index contributed by atoms with van der Waals surface area (Å²) >= 11 is 0. The van der Waals surface area contributed by atoms with E-state index in [2.05, 4.69) is 52.3 Å². The van der Waals surface area contributed by atoms with E-state index in [9.17, 15) is 4.79 Å². The van der Waals surface area contributed by atoms with E-state index in [1.54, 1.807) is 0 Å². The zero-order valence-electron chi connectivity index (χ0n) is 17.0. The molecule has 0 saturated heterocycles. The first-order valence-corrected chi connectivity index (χ1v) is 10.5. The predicted octanol–water partition coefficient (Wildman–Crippen LogP) is 4.49. The molecule has 0 saturated carbocycles. The van der Waals surface area contributed by atoms with Crippen molar-refractivity contribution in [1.29, 1.82) is 0 Å². The van der Waals surface area contributed by atoms with Crippen molar-refractivity contribution in [2.45, 2.75) is 32.7 Å². The van der Waals surface area contributed by atoms with Gasteiger partial charge in [-0.15, -0.1) is 0 Å². The van der Waals surface area contributed by atoms with Gasteiger partial charge in [-0.05, 0) is 42.5 Å². The number of urea groups is 1. The van der Waals surface area contributed by atoms with E-state index in [-0.39, 0.29) is 6.03 Å². The van der Waals surface area contributed by atoms with Crippen molar-refractivity contribution < 1.29 is 4.79 Å². The normalized spacial score (nSPS) is 14.1. The van der Waals surface area contributed by atoms with Gasteiger partial charge in [0.1, 0.15) is 5.65 Å². The second-order valence-corrected chi connectivity index (χ2v) is 7.50. The number of benzene rings is 1. The number of fused-ring (bicyclic) bond motifs is 1. The lowest BCUT2D eigenvalue weighted by Gasteiger charge is -2.26. The zero-order valence-corrected chi connectivity index (χ0v) is 17.0. The highest BCUT2D eigenvalue weighted by Crippen LogP contribution is 2.30. The molecule has 3 aromatic rings. The summed E-state index contributed by atoms with van der Waals surface area (Å²) in [5.74, 6) is 0. The molecule has 0 unspecified atom stereocenters. The molecular weight excluding hydrogens is 360 g/mol. The van der Waals surface area contributed by atoms with E-state index in [1.807, 2.05) is 35.4 Å². The molecule has 150 valence electrons. The number of amides is 2. The van der Waals surface area contributed by atoms with Crippen molar-refractivity contribution in [2.24, 2.45) is 0 Å². The average Bonchev–Trinajstić information content (AvgIpc) is 3.13. The van der Waals surface area contributed by atoms with Crippen LogP contribution in [0.15, 0.2) is 60.9 Å². The first-order chi connectivity index (χ1) is 14.3. The molecule has 5 heteroatoms. The van der Waals surface area contributed by atoms with Crippen LogP contribution in [-0.4, -0.2) is 40.1 Å². The molecule has 2 amide bonds. The maximum Gasteiger partial charge on any atom is 0.317 e. The molecule has 4 rings (SSSR count). The Morgan fingerprint density at radius 2 is 2.03 bits per heavy atom. The van der Waals surface area contributed by atoms with E-state index in [0.29, 0.717) is 13.1 Å². The summed E-state index contributed by atoms with van der Waals surface area (Å²) < 4.78 is 2.24. The van der Waals surface area contributed by atoms with Crippen molar-refractivity contribution in [2.75, 3.05) is 19.6 Å². The number of hydrogen-bond donors (Lipinski definition) is 1. The molecule has 3 heterocycles. The molecule has 1 aromatic carbocycles. The SMILES string of the molecule is CCCn1cc(C2=CCN(C(=O)NCCc3ccccc3)CC2)c2cccnc21. The highest BCUT2D eigenvalue weighted by Gasteiger charge is 2.20. The highest BCUT2D eigenvalue weighted by atomic mass is 16.2. The van der Waals surface area contributed by atoms with Gasteiger partial charge in [0.25, 0.3) is 0 Å². The van der Waals surface area contributed by atoms with Crippen molar-refractivity contribution in [3.05, 3.63) is 72.1 Å². The summed E-state index contributed by atoms with van der Waals surface area (Å²) in [5, 5.41) is 4.25. The third-order valence-corrected chi connectivity index (χ3v) is 5.47. The van der Waals surface area contributed by atoms with E-state index in [1.165, 1.54) is 22.1 Å². The quantitative estimate of drug-likeness (QED) is 0.676. The van der Waals surface area contributed by atoms with Crippen LogP contribution in [0.5, 0.6) is 0 Å². The fourth-order valence-corrected chi connectivity index (χ4v) is 3.96. The van der Waals surface area contributed by atoms with Crippen LogP contribution in [0.4, 0.5) is 4.79 Å². The summed E-state index contributed by atoms with van der Waals surface area (Å²) in [5.41, 5.74) is 4.86. The van der Waals surface area contributed by atoms with Gasteiger partial charge in [0.05, 0.1) is 0 Å². The highest BCUT2D eigenvalue weighted by molar-refractivity contribution is 5.91. The van der Waals surface area contributed by atoms with Gasteiger partial charge in [-0.3, -0.25) is 0 Å². The van der Waals surface area contributed by atoms with Crippen LogP contribution < -0.4 is 5.32 Å². The number of aromatic nitrogens is 2. The minimum absolute atomic E-state index is 0.0197. The molecule has 0 fully saturated rings. The molecule has 1 aliphatic rings. The molecular formula is C24H28N4O. The van der Waals surface area contributed by atoms with Crippen molar-refractivity contribution >= 4 is 22.6 Å². The Morgan fingerprint density at radius 1 is 1.17 bits per heavy atom. The smallest absolute Gasteiger partial charge is 0.317 e. The van der Waals surface area contributed by atoms with Gasteiger partial charge in [0.15, 0.2) is 0 Å². The third kappa shape index (κ3) is 4.34. The summed E-state index contributed by atoms with van der Waals surface area (Å²) in [7, 11) is 0. The monoisotopic (exact) mass is 388 g/mol. The summed E-state index contributed by atoms with van der Waals surface area (Å²) in [6.45, 7) is 5.20. The number of carbonyl (C=O) groups is 1. The minimum atomic E-state index is 0.0197. The van der Waals surface area contributed by atoms with Gasteiger partial charge in [-0.2, -0.15) is 0 Å². The lowest BCUT2D eigenvalue weighted by atomic mass is 10.00. The molecule has 1 N–H and O–H groups in total. The number of pyridine rings is 1. The Bertz CT molecular complexity index is 1010. The predicted molar refractivity (Wildman–Crippen MR) is 118 cm³/mol. The van der Waals surface area contributed by atoms with Gasteiger partial charge < -0.3 is 14.8 Å². The number of carbonyl (C=O) groups excluding carboxylic acids is 1. The second-order valence-electron chi connectivity index (χ2n) is 7.50. The summed E-state index contributed by atoms with van der Waals surface area (Å²) in [4.78, 5) is 19.0. The summed E-state index contributed by atoms with van der Waals surface area (Å²) in [6, 6.07) is 14.4. The number of rotatable bonds is 6. The van der Waals surface area contributed by atoms with Gasteiger partial charge in [-0.1, -0.05) is 43.3 Å². The van der Waals surface area contributed by atoms with Gasteiger partial charge in [-0.25, -0.2) is 9.78 Å². The first-order valence-electron chi connectivity index (χ1n) is 10.5. The molecule has 5 nitrogen and oxygen atoms in total. The number of aryl methyl sites for hydroxylation is 1. The molecule has 0 aliphatic carbocycles. The standard InChI is InChI=1S/C24H28N4O/c1-2-15-28-18-22(21-9-6-13-25-23(21)28)20-11-16-27(17-12-20)24(29)26-14-10-19-7-4-3-5-8-19/h3-9,11,13,18H,2,10,12,14-17H2,1H3,(H,26,29). The van der Waals surface area contributed by atoms with Crippen LogP contribution >= 0.6 is 0 Å². The lowest BCUT2D eigenvalue weighted by Crippen LogP contribution is -2.42. The summed E-state index contributed by atoms with van der Waals surface area (Å²) in [6.07, 6.45) is 9.07. The maximum absolute atomic E-state index is 12.5. The van der Waals surface area contributed by atoms with Crippen molar-refractivity contribution in [3.63, 3.8) is 0 Å². The molecule has 0 atom stereocenters. The minimum Gasteiger partial charge on any atom is -0.338 e. The average molecular weight is 389 g/mol. The van der Waals surface area contributed by atoms with Gasteiger partial charge >= 0.3 is 6.03 Å². The van der Waals surface area contributed by atoms with E-state index >= 15 is 0 Å². The number of nitrogens with zero attached hydrogens (tertiary/aromatic N) is 3. The molecule has 29 heavy (non-hydrogen) atoms. The Morgan fingerprint density at radius 3 is 2.79 bits per heavy atom. The van der Waals surface area contributed by atoms with Crippen LogP contribution in [0.2, 0.25) is 0 Å². The maximum atomic E-state index is 12.5. The third-order valence-electron chi connectivity index (χ3n) is 5.47. The largest absolute Gasteiger partial charge is 0.338 e. The van der Waals surface area contributed by atoms with E-state index < -0.39 is 0 Å². The number of nitrogens with one attached hydrogen (secondary N) is 1. The topological polar surface area (TPSA) is 50.2 Å². The zero-order chi connectivity index (χ0) is 20.1. The molecule has 0 radical (unpaired) electrons. The molecule has 0 bridgehead atoms. The second kappa shape index (κ2) is 8.95. The van der Waals surface area contributed by atoms with Crippen molar-refractivity contribution in [1.82, 2.24) is 19.8 Å². The Hall–Kier alpha value is -3.08. The molecule has 1 aliphatic heterocycles. The number of hydrogen-bond acceptors (Lipinski definition) is 2. The van der Waals surface area contributed by atoms with Crippen LogP contribution in [0, 0.1) is 0 Å². The van der Waals surface area contributed by atoms with Crippen LogP contribution in [0.3, 0.4) is 0 Å². The molecule has 2 aromatic heterocycles. The van der Waals surface area contributed by atoms with Crippen LogP contribution in [0.25, 0.3) is 16.6 Å². The molecule has 0 spiro atoms. The Balaban J connectivity index is 1.39. The fourth-order valence-electron chi connectivity index (χ4n) is 3.96. The Kier molecular flexibility index (Phi) is 5.94.